The number of nitrogens with zero attached hydrogens (tertiary/aromatic N) is 1. The summed E-state index contributed by atoms with van der Waals surface area (Å²) in [6.45, 7) is 4.49. The van der Waals surface area contributed by atoms with Crippen molar-refractivity contribution < 1.29 is 9.90 Å². The first-order chi connectivity index (χ1) is 7.13. The highest BCUT2D eigenvalue weighted by Gasteiger charge is 2.13. The second kappa shape index (κ2) is 5.82. The number of aliphatic carboxylic acids is 1. The van der Waals surface area contributed by atoms with Crippen LogP contribution < -0.4 is 5.32 Å². The minimum Gasteiger partial charge on any atom is -0.480 e. The Morgan fingerprint density at radius 3 is 2.93 bits per heavy atom. The summed E-state index contributed by atoms with van der Waals surface area (Å²) in [5.74, 6) is -0.785. The third-order valence-corrected chi connectivity index (χ3v) is 2.97. The Kier molecular flexibility index (Phi) is 4.71. The molecule has 0 aliphatic heterocycles. The number of aryl methyl sites for hydroxylation is 1. The number of thiazole rings is 1. The predicted molar refractivity (Wildman–Crippen MR) is 60.3 cm³/mol. The largest absolute Gasteiger partial charge is 0.480 e. The second-order valence-corrected chi connectivity index (χ2v) is 4.42. The molecule has 15 heavy (non-hydrogen) atoms. The van der Waals surface area contributed by atoms with E-state index < -0.39 is 12.0 Å². The second-order valence-electron chi connectivity index (χ2n) is 3.36. The summed E-state index contributed by atoms with van der Waals surface area (Å²) >= 11 is 1.62. The lowest BCUT2D eigenvalue weighted by Crippen LogP contribution is -2.37. The molecule has 0 saturated heterocycles. The summed E-state index contributed by atoms with van der Waals surface area (Å²) in [6, 6.07) is -0.440. The van der Waals surface area contributed by atoms with Crippen LogP contribution in [0.2, 0.25) is 0 Å². The minimum absolute atomic E-state index is 0.440. The van der Waals surface area contributed by atoms with Crippen LogP contribution in [-0.4, -0.2) is 28.6 Å². The zero-order valence-electron chi connectivity index (χ0n) is 8.99. The molecule has 0 aliphatic rings. The third kappa shape index (κ3) is 3.97. The molecule has 1 aromatic rings. The standard InChI is InChI=1S/C10H16N2O2S/c1-3-9(10(13)14)11-5-4-8-6-15-7(2)12-8/h6,9,11H,3-5H2,1-2H3,(H,13,14). The van der Waals surface area contributed by atoms with Crippen molar-refractivity contribution in [2.75, 3.05) is 6.54 Å². The number of hydrogen-bond donors (Lipinski definition) is 2. The van der Waals surface area contributed by atoms with Gasteiger partial charge in [0.1, 0.15) is 6.04 Å². The predicted octanol–water partition coefficient (Wildman–Crippen LogP) is 1.45. The molecule has 1 aromatic heterocycles. The van der Waals surface area contributed by atoms with Gasteiger partial charge in [0, 0.05) is 18.3 Å². The number of aromatic nitrogens is 1. The van der Waals surface area contributed by atoms with Crippen LogP contribution in [0.5, 0.6) is 0 Å². The maximum absolute atomic E-state index is 10.7. The zero-order valence-corrected chi connectivity index (χ0v) is 9.80. The van der Waals surface area contributed by atoms with E-state index in [0.717, 1.165) is 17.1 Å². The van der Waals surface area contributed by atoms with Gasteiger partial charge in [-0.15, -0.1) is 11.3 Å². The van der Waals surface area contributed by atoms with Crippen molar-refractivity contribution in [3.63, 3.8) is 0 Å². The van der Waals surface area contributed by atoms with E-state index in [0.29, 0.717) is 13.0 Å². The lowest BCUT2D eigenvalue weighted by Gasteiger charge is -2.10. The first-order valence-electron chi connectivity index (χ1n) is 5.00. The molecule has 0 fully saturated rings. The van der Waals surface area contributed by atoms with E-state index in [1.165, 1.54) is 0 Å². The molecule has 0 radical (unpaired) electrons. The van der Waals surface area contributed by atoms with Crippen LogP contribution in [-0.2, 0) is 11.2 Å². The normalized spacial score (nSPS) is 12.7. The molecule has 1 heterocycles. The number of hydrogen-bond acceptors (Lipinski definition) is 4. The number of rotatable bonds is 6. The van der Waals surface area contributed by atoms with Crippen LogP contribution in [0.25, 0.3) is 0 Å². The Labute approximate surface area is 93.4 Å². The molecular weight excluding hydrogens is 212 g/mol. The molecule has 0 bridgehead atoms. The van der Waals surface area contributed by atoms with Gasteiger partial charge in [-0.3, -0.25) is 4.79 Å². The molecule has 0 spiro atoms. The van der Waals surface area contributed by atoms with Crippen molar-refractivity contribution >= 4 is 17.3 Å². The first kappa shape index (κ1) is 12.1. The van der Waals surface area contributed by atoms with E-state index in [4.69, 9.17) is 5.11 Å². The Morgan fingerprint density at radius 2 is 2.47 bits per heavy atom. The lowest BCUT2D eigenvalue weighted by atomic mass is 10.2. The van der Waals surface area contributed by atoms with E-state index in [1.54, 1.807) is 11.3 Å². The highest BCUT2D eigenvalue weighted by molar-refractivity contribution is 7.09. The van der Waals surface area contributed by atoms with Crippen molar-refractivity contribution in [3.8, 4) is 0 Å². The van der Waals surface area contributed by atoms with Gasteiger partial charge in [-0.25, -0.2) is 4.98 Å². The summed E-state index contributed by atoms with van der Waals surface area (Å²) < 4.78 is 0. The molecule has 0 amide bonds. The molecular formula is C10H16N2O2S. The third-order valence-electron chi connectivity index (χ3n) is 2.14. The van der Waals surface area contributed by atoms with Crippen LogP contribution in [0.1, 0.15) is 24.0 Å². The van der Waals surface area contributed by atoms with Crippen LogP contribution >= 0.6 is 11.3 Å². The molecule has 1 unspecified atom stereocenters. The fraction of sp³-hybridized carbons (Fsp3) is 0.600. The van der Waals surface area contributed by atoms with Crippen molar-refractivity contribution in [3.05, 3.63) is 16.1 Å². The molecule has 1 rings (SSSR count). The van der Waals surface area contributed by atoms with Gasteiger partial charge in [-0.1, -0.05) is 6.92 Å². The maximum Gasteiger partial charge on any atom is 0.320 e. The Hall–Kier alpha value is -0.940. The molecule has 0 aliphatic carbocycles. The van der Waals surface area contributed by atoms with Crippen molar-refractivity contribution in [1.82, 2.24) is 10.3 Å². The molecule has 1 atom stereocenters. The zero-order chi connectivity index (χ0) is 11.3. The van der Waals surface area contributed by atoms with Crippen molar-refractivity contribution in [2.45, 2.75) is 32.7 Å². The lowest BCUT2D eigenvalue weighted by molar-refractivity contribution is -0.139. The SMILES string of the molecule is CCC(NCCc1csc(C)n1)C(=O)O. The highest BCUT2D eigenvalue weighted by Crippen LogP contribution is 2.07. The average Bonchev–Trinajstić information content (AvgIpc) is 2.58. The maximum atomic E-state index is 10.7. The smallest absolute Gasteiger partial charge is 0.320 e. The Balaban J connectivity index is 2.29. The van der Waals surface area contributed by atoms with Gasteiger partial charge >= 0.3 is 5.97 Å². The van der Waals surface area contributed by atoms with Crippen molar-refractivity contribution in [2.24, 2.45) is 0 Å². The van der Waals surface area contributed by atoms with E-state index in [2.05, 4.69) is 10.3 Å². The van der Waals surface area contributed by atoms with E-state index >= 15 is 0 Å². The highest BCUT2D eigenvalue weighted by atomic mass is 32.1. The number of carboxylic acid groups (broad SMARTS) is 1. The average molecular weight is 228 g/mol. The summed E-state index contributed by atoms with van der Waals surface area (Å²) in [5, 5.41) is 14.9. The van der Waals surface area contributed by atoms with Gasteiger partial charge in [0.2, 0.25) is 0 Å². The van der Waals surface area contributed by atoms with Crippen molar-refractivity contribution in [1.29, 1.82) is 0 Å². The van der Waals surface area contributed by atoms with Gasteiger partial charge in [0.05, 0.1) is 10.7 Å². The van der Waals surface area contributed by atoms with Crippen LogP contribution in [0.3, 0.4) is 0 Å². The monoisotopic (exact) mass is 228 g/mol. The Bertz CT molecular complexity index is 325. The summed E-state index contributed by atoms with van der Waals surface area (Å²) in [6.07, 6.45) is 1.39. The molecule has 5 heteroatoms. The quantitative estimate of drug-likeness (QED) is 0.773. The first-order valence-corrected chi connectivity index (χ1v) is 5.88. The van der Waals surface area contributed by atoms with Gasteiger partial charge in [-0.2, -0.15) is 0 Å². The summed E-state index contributed by atoms with van der Waals surface area (Å²) in [7, 11) is 0. The van der Waals surface area contributed by atoms with Gasteiger partial charge < -0.3 is 10.4 Å². The molecule has 84 valence electrons. The van der Waals surface area contributed by atoms with Crippen LogP contribution in [0, 0.1) is 6.92 Å². The minimum atomic E-state index is -0.785. The molecule has 4 nitrogen and oxygen atoms in total. The topological polar surface area (TPSA) is 62.2 Å². The van der Waals surface area contributed by atoms with Gasteiger partial charge in [0.25, 0.3) is 0 Å². The number of nitrogens with one attached hydrogen (secondary N) is 1. The number of carboxylic acids is 1. The molecule has 0 saturated carbocycles. The van der Waals surface area contributed by atoms with E-state index in [-0.39, 0.29) is 0 Å². The molecule has 0 aromatic carbocycles. The molecule has 2 N–H and O–H groups in total. The summed E-state index contributed by atoms with van der Waals surface area (Å²) in [4.78, 5) is 15.0. The van der Waals surface area contributed by atoms with E-state index in [9.17, 15) is 4.79 Å². The Morgan fingerprint density at radius 1 is 1.73 bits per heavy atom. The number of carbonyl (C=O) groups is 1. The fourth-order valence-corrected chi connectivity index (χ4v) is 1.95. The van der Waals surface area contributed by atoms with Gasteiger partial charge in [-0.05, 0) is 13.3 Å². The summed E-state index contributed by atoms with van der Waals surface area (Å²) in [5.41, 5.74) is 1.03. The van der Waals surface area contributed by atoms with Gasteiger partial charge in [0.15, 0.2) is 0 Å². The van der Waals surface area contributed by atoms with Crippen LogP contribution in [0.15, 0.2) is 5.38 Å². The van der Waals surface area contributed by atoms with E-state index in [1.807, 2.05) is 19.2 Å². The van der Waals surface area contributed by atoms with Crippen LogP contribution in [0.4, 0.5) is 0 Å². The fourth-order valence-electron chi connectivity index (χ4n) is 1.30.